The molecule has 164 valence electrons. The summed E-state index contributed by atoms with van der Waals surface area (Å²) >= 11 is 5.73. The largest absolute Gasteiger partial charge is 0.350 e. The molecule has 1 N–H and O–H groups in total. The Morgan fingerprint density at radius 2 is 1.63 bits per heavy atom. The van der Waals surface area contributed by atoms with Crippen molar-refractivity contribution in [2.45, 2.75) is 52.7 Å². The molecular weight excluding hydrogens is 394 g/mol. The highest BCUT2D eigenvalue weighted by atomic mass is 32.1. The van der Waals surface area contributed by atoms with Gasteiger partial charge < -0.3 is 9.88 Å². The monoisotopic (exact) mass is 429 g/mol. The molecule has 0 radical (unpaired) electrons. The van der Waals surface area contributed by atoms with Crippen LogP contribution in [0.2, 0.25) is 0 Å². The molecule has 0 bridgehead atoms. The number of aromatic nitrogens is 2. The number of nitrogens with one attached hydrogen (secondary N) is 1. The summed E-state index contributed by atoms with van der Waals surface area (Å²) in [6.07, 6.45) is 4.10. The van der Waals surface area contributed by atoms with Gasteiger partial charge in [0.15, 0.2) is 4.77 Å². The molecule has 6 nitrogen and oxygen atoms in total. The minimum atomic E-state index is -0.183. The minimum absolute atomic E-state index is 0.0960. The second kappa shape index (κ2) is 9.45. The van der Waals surface area contributed by atoms with E-state index in [4.69, 9.17) is 12.2 Å². The predicted octanol–water partition coefficient (Wildman–Crippen LogP) is 3.62. The van der Waals surface area contributed by atoms with Crippen LogP contribution in [0.4, 0.5) is 0 Å². The Hall–Kier alpha value is -1.96. The van der Waals surface area contributed by atoms with Crippen LogP contribution >= 0.6 is 12.2 Å². The quantitative estimate of drug-likeness (QED) is 0.713. The predicted molar refractivity (Wildman–Crippen MR) is 125 cm³/mol. The maximum absolute atomic E-state index is 12.2. The van der Waals surface area contributed by atoms with E-state index in [-0.39, 0.29) is 11.4 Å². The molecule has 30 heavy (non-hydrogen) atoms. The summed E-state index contributed by atoms with van der Waals surface area (Å²) in [6.45, 7) is 15.3. The molecule has 0 saturated carbocycles. The molecule has 1 aliphatic rings. The van der Waals surface area contributed by atoms with Crippen molar-refractivity contribution >= 4 is 18.1 Å². The first kappa shape index (κ1) is 22.7. The van der Waals surface area contributed by atoms with Crippen molar-refractivity contribution in [1.29, 1.82) is 0 Å². The number of amides is 1. The van der Waals surface area contributed by atoms with Gasteiger partial charge in [0, 0.05) is 49.8 Å². The Labute approximate surface area is 185 Å². The zero-order valence-electron chi connectivity index (χ0n) is 18.9. The summed E-state index contributed by atoms with van der Waals surface area (Å²) in [5.74, 6) is 0.619. The smallest absolute Gasteiger partial charge is 0.234 e. The zero-order chi connectivity index (χ0) is 21.9. The molecule has 1 amide bonds. The highest BCUT2D eigenvalue weighted by Gasteiger charge is 2.21. The van der Waals surface area contributed by atoms with E-state index in [9.17, 15) is 4.79 Å². The Balaban J connectivity index is 1.55. The topological polar surface area (TPSA) is 45.4 Å². The molecule has 0 unspecified atom stereocenters. The number of piperazine rings is 1. The molecule has 1 fully saturated rings. The van der Waals surface area contributed by atoms with Crippen molar-refractivity contribution in [2.24, 2.45) is 0 Å². The fourth-order valence-corrected chi connectivity index (χ4v) is 3.99. The number of benzene rings is 1. The van der Waals surface area contributed by atoms with Gasteiger partial charge in [-0.2, -0.15) is 0 Å². The van der Waals surface area contributed by atoms with Crippen LogP contribution in [0.25, 0.3) is 5.69 Å². The van der Waals surface area contributed by atoms with E-state index < -0.39 is 0 Å². The third-order valence-electron chi connectivity index (χ3n) is 5.38. The van der Waals surface area contributed by atoms with Crippen molar-refractivity contribution in [2.75, 3.05) is 32.7 Å². The molecular formula is C23H35N5OS. The molecule has 1 saturated heterocycles. The Morgan fingerprint density at radius 3 is 2.20 bits per heavy atom. The van der Waals surface area contributed by atoms with E-state index in [1.165, 1.54) is 5.56 Å². The van der Waals surface area contributed by atoms with Crippen LogP contribution in [0.3, 0.4) is 0 Å². The Morgan fingerprint density at radius 1 is 1.03 bits per heavy atom. The molecule has 1 aliphatic heterocycles. The lowest BCUT2D eigenvalue weighted by atomic mass is 10.0. The van der Waals surface area contributed by atoms with Crippen molar-refractivity contribution in [3.05, 3.63) is 47.0 Å². The van der Waals surface area contributed by atoms with Crippen LogP contribution in [-0.4, -0.2) is 63.1 Å². The summed E-state index contributed by atoms with van der Waals surface area (Å²) in [5, 5.41) is 3.04. The number of rotatable bonds is 6. The first-order valence-electron chi connectivity index (χ1n) is 10.8. The molecule has 2 aromatic rings. The molecule has 0 atom stereocenters. The minimum Gasteiger partial charge on any atom is -0.350 e. The molecule has 0 aliphatic carbocycles. The van der Waals surface area contributed by atoms with E-state index in [0.717, 1.165) is 43.3 Å². The van der Waals surface area contributed by atoms with Crippen LogP contribution in [0.1, 0.15) is 46.1 Å². The molecule has 0 spiro atoms. The normalized spacial score (nSPS) is 16.2. The van der Waals surface area contributed by atoms with Gasteiger partial charge in [-0.3, -0.25) is 19.2 Å². The average molecular weight is 430 g/mol. The molecule has 1 aromatic heterocycles. The lowest BCUT2D eigenvalue weighted by Crippen LogP contribution is -2.51. The SMILES string of the molecule is CC(C)c1ccc(-n2ccn(CN3CCN(CC(=O)NC(C)(C)C)CC3)c2=S)cc1. The van der Waals surface area contributed by atoms with Gasteiger partial charge in [-0.15, -0.1) is 0 Å². The van der Waals surface area contributed by atoms with E-state index in [2.05, 4.69) is 68.6 Å². The van der Waals surface area contributed by atoms with Gasteiger partial charge in [0.25, 0.3) is 0 Å². The lowest BCUT2D eigenvalue weighted by molar-refractivity contribution is -0.124. The first-order valence-corrected chi connectivity index (χ1v) is 11.2. The highest BCUT2D eigenvalue weighted by Crippen LogP contribution is 2.18. The van der Waals surface area contributed by atoms with E-state index in [1.807, 2.05) is 27.0 Å². The Kier molecular flexibility index (Phi) is 7.16. The van der Waals surface area contributed by atoms with Crippen molar-refractivity contribution in [3.8, 4) is 5.69 Å². The number of hydrogen-bond acceptors (Lipinski definition) is 4. The van der Waals surface area contributed by atoms with Gasteiger partial charge in [-0.05, 0) is 56.6 Å². The fraction of sp³-hybridized carbons (Fsp3) is 0.565. The van der Waals surface area contributed by atoms with Crippen LogP contribution in [0.15, 0.2) is 36.7 Å². The third-order valence-corrected chi connectivity index (χ3v) is 5.82. The van der Waals surface area contributed by atoms with Crippen molar-refractivity contribution in [1.82, 2.24) is 24.3 Å². The molecule has 7 heteroatoms. The average Bonchev–Trinajstić information content (AvgIpc) is 3.02. The number of carbonyl (C=O) groups is 1. The van der Waals surface area contributed by atoms with Crippen LogP contribution in [0.5, 0.6) is 0 Å². The fourth-order valence-electron chi connectivity index (χ4n) is 3.70. The van der Waals surface area contributed by atoms with Gasteiger partial charge in [0.2, 0.25) is 5.91 Å². The van der Waals surface area contributed by atoms with E-state index in [1.54, 1.807) is 0 Å². The van der Waals surface area contributed by atoms with Crippen LogP contribution in [0, 0.1) is 4.77 Å². The Bertz CT molecular complexity index is 899. The molecule has 2 heterocycles. The number of nitrogens with zero attached hydrogens (tertiary/aromatic N) is 4. The maximum Gasteiger partial charge on any atom is 0.234 e. The van der Waals surface area contributed by atoms with Gasteiger partial charge in [0.1, 0.15) is 0 Å². The summed E-state index contributed by atoms with van der Waals surface area (Å²) in [5.41, 5.74) is 2.24. The highest BCUT2D eigenvalue weighted by molar-refractivity contribution is 7.71. The third kappa shape index (κ3) is 6.03. The second-order valence-corrected chi connectivity index (χ2v) is 9.87. The standard InChI is InChI=1S/C23H35N5OS/c1-18(2)19-6-8-20(9-7-19)28-15-14-27(22(28)30)17-26-12-10-25(11-13-26)16-21(29)24-23(3,4)5/h6-9,14-15,18H,10-13,16-17H2,1-5H3,(H,24,29). The lowest BCUT2D eigenvalue weighted by Gasteiger charge is -2.34. The number of imidazole rings is 1. The maximum atomic E-state index is 12.2. The van der Waals surface area contributed by atoms with Gasteiger partial charge in [-0.25, -0.2) is 0 Å². The van der Waals surface area contributed by atoms with Gasteiger partial charge >= 0.3 is 0 Å². The van der Waals surface area contributed by atoms with Gasteiger partial charge in [0.05, 0.1) is 13.2 Å². The second-order valence-electron chi connectivity index (χ2n) is 9.50. The van der Waals surface area contributed by atoms with Crippen LogP contribution in [-0.2, 0) is 11.5 Å². The zero-order valence-corrected chi connectivity index (χ0v) is 19.7. The first-order chi connectivity index (χ1) is 14.1. The van der Waals surface area contributed by atoms with Crippen molar-refractivity contribution < 1.29 is 4.79 Å². The van der Waals surface area contributed by atoms with Gasteiger partial charge in [-0.1, -0.05) is 26.0 Å². The summed E-state index contributed by atoms with van der Waals surface area (Å²) in [4.78, 5) is 16.8. The molecule has 1 aromatic carbocycles. The van der Waals surface area contributed by atoms with Crippen molar-refractivity contribution in [3.63, 3.8) is 0 Å². The summed E-state index contributed by atoms with van der Waals surface area (Å²) in [6, 6.07) is 8.62. The number of carbonyl (C=O) groups excluding carboxylic acids is 1. The summed E-state index contributed by atoms with van der Waals surface area (Å²) in [7, 11) is 0. The van der Waals surface area contributed by atoms with Crippen LogP contribution < -0.4 is 5.32 Å². The summed E-state index contributed by atoms with van der Waals surface area (Å²) < 4.78 is 4.99. The number of hydrogen-bond donors (Lipinski definition) is 1. The molecule has 3 rings (SSSR count). The van der Waals surface area contributed by atoms with E-state index in [0.29, 0.717) is 12.5 Å². The van der Waals surface area contributed by atoms with E-state index >= 15 is 0 Å².